The third-order valence-electron chi connectivity index (χ3n) is 3.54. The minimum atomic E-state index is -1.12. The number of ether oxygens (including phenoxy) is 1. The number of halogens is 1. The maximum absolute atomic E-state index is 10.1. The number of hydrogen-bond donors (Lipinski definition) is 3. The number of hydrogen-bond acceptors (Lipinski definition) is 6. The van der Waals surface area contributed by atoms with Crippen LogP contribution in [0.3, 0.4) is 0 Å². The fraction of sp³-hybridized carbons (Fsp3) is 0.500. The molecule has 0 aromatic carbocycles. The number of aromatic nitrogens is 3. The Bertz CT molecular complexity index is 647. The molecule has 0 radical (unpaired) electrons. The molecule has 8 heteroatoms. The third-order valence-corrected chi connectivity index (χ3v) is 4.36. The highest BCUT2D eigenvalue weighted by Crippen LogP contribution is 2.34. The average Bonchev–Trinajstić information content (AvgIpc) is 2.90. The maximum Gasteiger partial charge on any atom is 0.164 e. The smallest absolute Gasteiger partial charge is 0.164 e. The van der Waals surface area contributed by atoms with E-state index in [0.29, 0.717) is 5.65 Å². The van der Waals surface area contributed by atoms with E-state index in [4.69, 9.17) is 9.84 Å². The second-order valence-electron chi connectivity index (χ2n) is 4.77. The lowest BCUT2D eigenvalue weighted by atomic mass is 10.1. The van der Waals surface area contributed by atoms with Crippen molar-refractivity contribution >= 4 is 33.6 Å². The van der Waals surface area contributed by atoms with Crippen molar-refractivity contribution in [2.75, 3.05) is 6.61 Å². The molecular weight excluding hydrogens is 377 g/mol. The summed E-state index contributed by atoms with van der Waals surface area (Å²) in [5, 5.41) is 30.0. The minimum absolute atomic E-state index is 0.348. The molecule has 0 spiro atoms. The molecule has 2 aromatic heterocycles. The molecule has 0 unspecified atom stereocenters. The molecule has 3 N–H and O–H groups in total. The molecule has 0 amide bonds. The Balaban J connectivity index is 2.10. The Morgan fingerprint density at radius 2 is 2.10 bits per heavy atom. The SMILES string of the molecule is Cc1ncnc2c1c(I)cn2[C@@H]1O[C@H](CO)[C@@H](O)[C@H]1O. The van der Waals surface area contributed by atoms with Crippen molar-refractivity contribution in [2.24, 2.45) is 0 Å². The van der Waals surface area contributed by atoms with Crippen LogP contribution in [-0.4, -0.2) is 54.8 Å². The van der Waals surface area contributed by atoms with E-state index >= 15 is 0 Å². The van der Waals surface area contributed by atoms with Crippen molar-refractivity contribution in [3.05, 3.63) is 21.8 Å². The lowest BCUT2D eigenvalue weighted by molar-refractivity contribution is -0.0509. The highest BCUT2D eigenvalue weighted by atomic mass is 127. The molecule has 4 atom stereocenters. The van der Waals surface area contributed by atoms with Gasteiger partial charge in [0.25, 0.3) is 0 Å². The normalized spacial score (nSPS) is 30.2. The molecule has 1 fully saturated rings. The zero-order valence-electron chi connectivity index (χ0n) is 10.6. The van der Waals surface area contributed by atoms with Gasteiger partial charge in [0.1, 0.15) is 30.3 Å². The highest BCUT2D eigenvalue weighted by Gasteiger charge is 2.43. The Kier molecular flexibility index (Phi) is 3.67. The largest absolute Gasteiger partial charge is 0.394 e. The van der Waals surface area contributed by atoms with Crippen LogP contribution >= 0.6 is 22.6 Å². The second kappa shape index (κ2) is 5.19. The predicted octanol–water partition coefficient (Wildman–Crippen LogP) is -0.0442. The summed E-state index contributed by atoms with van der Waals surface area (Å²) in [7, 11) is 0. The van der Waals surface area contributed by atoms with Crippen LogP contribution in [0, 0.1) is 10.5 Å². The molecule has 7 nitrogen and oxygen atoms in total. The summed E-state index contributed by atoms with van der Waals surface area (Å²) in [4.78, 5) is 8.38. The zero-order valence-corrected chi connectivity index (χ0v) is 12.8. The van der Waals surface area contributed by atoms with E-state index in [1.165, 1.54) is 6.33 Å². The van der Waals surface area contributed by atoms with E-state index < -0.39 is 24.5 Å². The number of rotatable bonds is 2. The first-order chi connectivity index (χ1) is 9.54. The number of aliphatic hydroxyl groups is 3. The standard InChI is InChI=1S/C12H14IN3O4/c1-5-8-6(13)2-16(11(8)15-4-14-5)12-10(19)9(18)7(3-17)20-12/h2,4,7,9-10,12,17-19H,3H2,1H3/t7-,9-,10-,12-/m1/s1. The lowest BCUT2D eigenvalue weighted by Gasteiger charge is -2.17. The monoisotopic (exact) mass is 391 g/mol. The minimum Gasteiger partial charge on any atom is -0.394 e. The molecular formula is C12H14IN3O4. The first-order valence-corrected chi connectivity index (χ1v) is 7.22. The van der Waals surface area contributed by atoms with E-state index in [-0.39, 0.29) is 6.61 Å². The Morgan fingerprint density at radius 1 is 1.35 bits per heavy atom. The van der Waals surface area contributed by atoms with Crippen LogP contribution in [0.2, 0.25) is 0 Å². The van der Waals surface area contributed by atoms with Crippen LogP contribution in [-0.2, 0) is 4.74 Å². The number of aliphatic hydroxyl groups excluding tert-OH is 3. The first kappa shape index (κ1) is 14.1. The predicted molar refractivity (Wildman–Crippen MR) is 78.0 cm³/mol. The van der Waals surface area contributed by atoms with Gasteiger partial charge in [0.15, 0.2) is 6.23 Å². The van der Waals surface area contributed by atoms with Crippen LogP contribution in [0.1, 0.15) is 11.9 Å². The molecule has 2 aromatic rings. The Hall–Kier alpha value is -0.810. The fourth-order valence-corrected chi connectivity index (χ4v) is 3.42. The van der Waals surface area contributed by atoms with Crippen molar-refractivity contribution in [2.45, 2.75) is 31.5 Å². The molecule has 3 rings (SSSR count). The summed E-state index contributed by atoms with van der Waals surface area (Å²) in [6.45, 7) is 1.53. The zero-order chi connectivity index (χ0) is 14.4. The summed E-state index contributed by atoms with van der Waals surface area (Å²) in [6, 6.07) is 0. The second-order valence-corrected chi connectivity index (χ2v) is 5.93. The Labute approximate surface area is 128 Å². The van der Waals surface area contributed by atoms with Gasteiger partial charge in [0, 0.05) is 9.77 Å². The van der Waals surface area contributed by atoms with Crippen molar-refractivity contribution in [3.8, 4) is 0 Å². The van der Waals surface area contributed by atoms with Crippen LogP contribution < -0.4 is 0 Å². The van der Waals surface area contributed by atoms with Gasteiger partial charge in [-0.15, -0.1) is 0 Å². The van der Waals surface area contributed by atoms with Gasteiger partial charge in [-0.1, -0.05) is 0 Å². The van der Waals surface area contributed by atoms with Crippen LogP contribution in [0.4, 0.5) is 0 Å². The number of nitrogens with zero attached hydrogens (tertiary/aromatic N) is 3. The van der Waals surface area contributed by atoms with E-state index in [1.807, 2.05) is 6.92 Å². The molecule has 1 aliphatic rings. The summed E-state index contributed by atoms with van der Waals surface area (Å²) < 4.78 is 8.15. The van der Waals surface area contributed by atoms with Crippen molar-refractivity contribution in [1.82, 2.24) is 14.5 Å². The molecule has 1 aliphatic heterocycles. The average molecular weight is 391 g/mol. The molecule has 1 saturated heterocycles. The summed E-state index contributed by atoms with van der Waals surface area (Å²) >= 11 is 2.17. The van der Waals surface area contributed by atoms with Gasteiger partial charge >= 0.3 is 0 Å². The molecule has 0 aliphatic carbocycles. The molecule has 0 saturated carbocycles. The van der Waals surface area contributed by atoms with Gasteiger partial charge in [0.05, 0.1) is 17.7 Å². The summed E-state index contributed by atoms with van der Waals surface area (Å²) in [5.41, 5.74) is 1.47. The van der Waals surface area contributed by atoms with Gasteiger partial charge in [-0.05, 0) is 29.5 Å². The number of aryl methyl sites for hydroxylation is 1. The molecule has 3 heterocycles. The van der Waals surface area contributed by atoms with Gasteiger partial charge in [-0.2, -0.15) is 0 Å². The van der Waals surface area contributed by atoms with Crippen molar-refractivity contribution in [3.63, 3.8) is 0 Å². The molecule has 0 bridgehead atoms. The van der Waals surface area contributed by atoms with Gasteiger partial charge in [-0.25, -0.2) is 9.97 Å². The van der Waals surface area contributed by atoms with Crippen molar-refractivity contribution in [1.29, 1.82) is 0 Å². The number of fused-ring (bicyclic) bond motifs is 1. The van der Waals surface area contributed by atoms with Crippen LogP contribution in [0.25, 0.3) is 11.0 Å². The van der Waals surface area contributed by atoms with Gasteiger partial charge in [-0.3, -0.25) is 0 Å². The van der Waals surface area contributed by atoms with E-state index in [1.54, 1.807) is 10.8 Å². The topological polar surface area (TPSA) is 101 Å². The molecule has 20 heavy (non-hydrogen) atoms. The highest BCUT2D eigenvalue weighted by molar-refractivity contribution is 14.1. The lowest BCUT2D eigenvalue weighted by Crippen LogP contribution is -2.33. The quantitative estimate of drug-likeness (QED) is 0.622. The summed E-state index contributed by atoms with van der Waals surface area (Å²) in [5.74, 6) is 0. The van der Waals surface area contributed by atoms with E-state index in [0.717, 1.165) is 14.7 Å². The molecule has 108 valence electrons. The fourth-order valence-electron chi connectivity index (χ4n) is 2.49. The Morgan fingerprint density at radius 3 is 2.75 bits per heavy atom. The van der Waals surface area contributed by atoms with E-state index in [9.17, 15) is 10.2 Å². The van der Waals surface area contributed by atoms with Gasteiger partial charge < -0.3 is 24.6 Å². The third kappa shape index (κ3) is 2.02. The van der Waals surface area contributed by atoms with Gasteiger partial charge in [0.2, 0.25) is 0 Å². The summed E-state index contributed by atoms with van der Waals surface area (Å²) in [6.07, 6.45) is -0.564. The maximum atomic E-state index is 10.1. The van der Waals surface area contributed by atoms with Crippen LogP contribution in [0.15, 0.2) is 12.5 Å². The van der Waals surface area contributed by atoms with E-state index in [2.05, 4.69) is 32.6 Å². The first-order valence-electron chi connectivity index (χ1n) is 6.14. The van der Waals surface area contributed by atoms with Crippen molar-refractivity contribution < 1.29 is 20.1 Å². The van der Waals surface area contributed by atoms with Crippen LogP contribution in [0.5, 0.6) is 0 Å².